The summed E-state index contributed by atoms with van der Waals surface area (Å²) in [7, 11) is 0. The lowest BCUT2D eigenvalue weighted by Crippen LogP contribution is -2.39. The van der Waals surface area contributed by atoms with Crippen LogP contribution in [-0.4, -0.2) is 53.4 Å². The van der Waals surface area contributed by atoms with Crippen LogP contribution in [-0.2, 0) is 14.2 Å². The van der Waals surface area contributed by atoms with E-state index in [4.69, 9.17) is 14.2 Å². The van der Waals surface area contributed by atoms with Crippen LogP contribution in [0.3, 0.4) is 0 Å². The van der Waals surface area contributed by atoms with E-state index in [-0.39, 0.29) is 6.61 Å². The molecule has 136 valence electrons. The van der Waals surface area contributed by atoms with Gasteiger partial charge in [0.15, 0.2) is 12.4 Å². The molecule has 0 bridgehead atoms. The lowest BCUT2D eigenvalue weighted by molar-refractivity contribution is -0.133. The maximum absolute atomic E-state index is 12.2. The zero-order valence-corrected chi connectivity index (χ0v) is 13.7. The Balaban J connectivity index is 1.63. The molecule has 1 aliphatic rings. The van der Waals surface area contributed by atoms with Crippen molar-refractivity contribution in [1.29, 1.82) is 0 Å². The summed E-state index contributed by atoms with van der Waals surface area (Å²) in [6.45, 7) is -0.283. The lowest BCUT2D eigenvalue weighted by atomic mass is 10.1. The molecule has 2 aromatic rings. The Labute approximate surface area is 149 Å². The highest BCUT2D eigenvalue weighted by Gasteiger charge is 2.46. The topological polar surface area (TPSA) is 102 Å². The van der Waals surface area contributed by atoms with E-state index in [1.165, 1.54) is 0 Å². The van der Waals surface area contributed by atoms with Crippen molar-refractivity contribution in [2.24, 2.45) is 0 Å². The summed E-state index contributed by atoms with van der Waals surface area (Å²) < 4.78 is 15.6. The molecule has 2 aromatic carbocycles. The van der Waals surface area contributed by atoms with Gasteiger partial charge >= 0.3 is 11.9 Å². The highest BCUT2D eigenvalue weighted by atomic mass is 16.7. The van der Waals surface area contributed by atoms with Crippen molar-refractivity contribution < 1.29 is 34.0 Å². The third-order valence-electron chi connectivity index (χ3n) is 3.95. The van der Waals surface area contributed by atoms with Gasteiger partial charge in [-0.2, -0.15) is 0 Å². The van der Waals surface area contributed by atoms with Crippen LogP contribution < -0.4 is 0 Å². The van der Waals surface area contributed by atoms with Crippen molar-refractivity contribution in [3.05, 3.63) is 71.8 Å². The number of rotatable bonds is 5. The van der Waals surface area contributed by atoms with Gasteiger partial charge in [0.25, 0.3) is 0 Å². The van der Waals surface area contributed by atoms with Gasteiger partial charge in [-0.15, -0.1) is 0 Å². The number of aliphatic hydroxyl groups excluding tert-OH is 2. The predicted octanol–water partition coefficient (Wildman–Crippen LogP) is 1.15. The van der Waals surface area contributed by atoms with Crippen LogP contribution in [0.1, 0.15) is 20.7 Å². The molecule has 0 aromatic heterocycles. The summed E-state index contributed by atoms with van der Waals surface area (Å²) in [6.07, 6.45) is -5.13. The van der Waals surface area contributed by atoms with Crippen LogP contribution in [0.15, 0.2) is 60.7 Å². The molecule has 3 rings (SSSR count). The van der Waals surface area contributed by atoms with E-state index in [0.29, 0.717) is 11.1 Å². The summed E-state index contributed by atoms with van der Waals surface area (Å²) in [6, 6.07) is 16.6. The molecule has 4 atom stereocenters. The first-order valence-corrected chi connectivity index (χ1v) is 8.06. The number of carbonyl (C=O) groups is 2. The Morgan fingerprint density at radius 2 is 1.42 bits per heavy atom. The molecule has 1 saturated heterocycles. The largest absolute Gasteiger partial charge is 0.459 e. The van der Waals surface area contributed by atoms with Crippen LogP contribution in [0.5, 0.6) is 0 Å². The van der Waals surface area contributed by atoms with Crippen molar-refractivity contribution in [2.75, 3.05) is 6.61 Å². The Morgan fingerprint density at radius 1 is 0.885 bits per heavy atom. The third-order valence-corrected chi connectivity index (χ3v) is 3.95. The van der Waals surface area contributed by atoms with Crippen molar-refractivity contribution in [2.45, 2.75) is 24.6 Å². The molecule has 7 nitrogen and oxygen atoms in total. The highest BCUT2D eigenvalue weighted by Crippen LogP contribution is 2.24. The number of esters is 2. The van der Waals surface area contributed by atoms with Crippen LogP contribution in [0.25, 0.3) is 0 Å². The van der Waals surface area contributed by atoms with Gasteiger partial charge in [-0.25, -0.2) is 9.59 Å². The van der Waals surface area contributed by atoms with Crippen LogP contribution in [0.2, 0.25) is 0 Å². The molecule has 2 N–H and O–H groups in total. The predicted molar refractivity (Wildman–Crippen MR) is 89.3 cm³/mol. The van der Waals surface area contributed by atoms with Crippen molar-refractivity contribution in [3.8, 4) is 0 Å². The molecular weight excluding hydrogens is 340 g/mol. The van der Waals surface area contributed by atoms with Gasteiger partial charge in [-0.1, -0.05) is 36.4 Å². The fourth-order valence-electron chi connectivity index (χ4n) is 2.58. The Kier molecular flexibility index (Phi) is 5.62. The average Bonchev–Trinajstić information content (AvgIpc) is 2.95. The van der Waals surface area contributed by atoms with E-state index >= 15 is 0 Å². The first-order chi connectivity index (χ1) is 12.6. The lowest BCUT2D eigenvalue weighted by Gasteiger charge is -2.20. The smallest absolute Gasteiger partial charge is 0.338 e. The molecule has 0 aliphatic carbocycles. The zero-order valence-electron chi connectivity index (χ0n) is 13.7. The molecule has 26 heavy (non-hydrogen) atoms. The van der Waals surface area contributed by atoms with Gasteiger partial charge in [0, 0.05) is 0 Å². The van der Waals surface area contributed by atoms with Crippen LogP contribution in [0.4, 0.5) is 0 Å². The first kappa shape index (κ1) is 18.1. The van der Waals surface area contributed by atoms with Gasteiger partial charge in [0.1, 0.15) is 18.8 Å². The molecule has 1 heterocycles. The monoisotopic (exact) mass is 358 g/mol. The maximum atomic E-state index is 12.2. The summed E-state index contributed by atoms with van der Waals surface area (Å²) >= 11 is 0. The number of aliphatic hydroxyl groups is 2. The van der Waals surface area contributed by atoms with Gasteiger partial charge in [-0.3, -0.25) is 0 Å². The van der Waals surface area contributed by atoms with Crippen LogP contribution >= 0.6 is 0 Å². The minimum absolute atomic E-state index is 0.283. The van der Waals surface area contributed by atoms with E-state index in [1.807, 2.05) is 0 Å². The van der Waals surface area contributed by atoms with Gasteiger partial charge in [-0.05, 0) is 24.3 Å². The molecule has 2 unspecified atom stereocenters. The molecular formula is C19H18O7. The molecule has 0 spiro atoms. The van der Waals surface area contributed by atoms with Crippen molar-refractivity contribution >= 4 is 11.9 Å². The van der Waals surface area contributed by atoms with Gasteiger partial charge in [0.2, 0.25) is 0 Å². The quantitative estimate of drug-likeness (QED) is 0.773. The van der Waals surface area contributed by atoms with Crippen molar-refractivity contribution in [1.82, 2.24) is 0 Å². The zero-order chi connectivity index (χ0) is 18.5. The number of hydrogen-bond donors (Lipinski definition) is 2. The Hall–Kier alpha value is -2.74. The number of benzene rings is 2. The first-order valence-electron chi connectivity index (χ1n) is 8.06. The minimum Gasteiger partial charge on any atom is -0.459 e. The fourth-order valence-corrected chi connectivity index (χ4v) is 2.58. The molecule has 0 saturated carbocycles. The van der Waals surface area contributed by atoms with E-state index in [0.717, 1.165) is 0 Å². The van der Waals surface area contributed by atoms with E-state index < -0.39 is 36.5 Å². The molecule has 1 fully saturated rings. The van der Waals surface area contributed by atoms with Gasteiger partial charge < -0.3 is 24.4 Å². The summed E-state index contributed by atoms with van der Waals surface area (Å²) in [5.74, 6) is -1.26. The van der Waals surface area contributed by atoms with E-state index in [2.05, 4.69) is 0 Å². The second kappa shape index (κ2) is 8.09. The minimum atomic E-state index is -1.54. The summed E-state index contributed by atoms with van der Waals surface area (Å²) in [5, 5.41) is 19.7. The Morgan fingerprint density at radius 3 is 2.00 bits per heavy atom. The molecule has 0 amide bonds. The summed E-state index contributed by atoms with van der Waals surface area (Å²) in [4.78, 5) is 24.2. The van der Waals surface area contributed by atoms with Crippen LogP contribution in [0, 0.1) is 0 Å². The SMILES string of the molecule is O=C(OC[C@H]1OC(O)C(O)[C@@H]1OC(=O)c1ccccc1)c1ccccc1. The number of ether oxygens (including phenoxy) is 3. The number of carbonyl (C=O) groups excluding carboxylic acids is 2. The molecule has 0 radical (unpaired) electrons. The third kappa shape index (κ3) is 4.08. The second-order valence-corrected chi connectivity index (χ2v) is 5.76. The number of hydrogen-bond acceptors (Lipinski definition) is 7. The maximum Gasteiger partial charge on any atom is 0.338 e. The average molecular weight is 358 g/mol. The van der Waals surface area contributed by atoms with E-state index in [9.17, 15) is 19.8 Å². The molecule has 1 aliphatic heterocycles. The standard InChI is InChI=1S/C19H18O7/c20-15-16(26-18(22)13-9-5-2-6-10-13)14(25-19(15)23)11-24-17(21)12-7-3-1-4-8-12/h1-10,14-16,19-20,23H,11H2/t14-,15?,16-,19?/m1/s1. The Bertz CT molecular complexity index is 747. The fraction of sp³-hybridized carbons (Fsp3) is 0.263. The summed E-state index contributed by atoms with van der Waals surface area (Å²) in [5.41, 5.74) is 0.644. The van der Waals surface area contributed by atoms with E-state index in [1.54, 1.807) is 60.7 Å². The second-order valence-electron chi connectivity index (χ2n) is 5.76. The highest BCUT2D eigenvalue weighted by molar-refractivity contribution is 5.90. The van der Waals surface area contributed by atoms with Crippen molar-refractivity contribution in [3.63, 3.8) is 0 Å². The normalized spacial score (nSPS) is 24.8. The molecule has 7 heteroatoms. The van der Waals surface area contributed by atoms with Gasteiger partial charge in [0.05, 0.1) is 11.1 Å².